The van der Waals surface area contributed by atoms with Gasteiger partial charge in [0.25, 0.3) is 0 Å². The number of fused-ring (bicyclic) bond motifs is 1. The fourth-order valence-electron chi connectivity index (χ4n) is 3.05. The van der Waals surface area contributed by atoms with E-state index in [1.54, 1.807) is 11.3 Å². The Balaban J connectivity index is 1.59. The Kier molecular flexibility index (Phi) is 6.17. The van der Waals surface area contributed by atoms with Gasteiger partial charge in [0.2, 0.25) is 5.91 Å². The summed E-state index contributed by atoms with van der Waals surface area (Å²) in [5, 5.41) is 16.1. The normalized spacial score (nSPS) is 15.0. The van der Waals surface area contributed by atoms with Crippen LogP contribution in [-0.4, -0.2) is 50.4 Å². The molecule has 0 saturated heterocycles. The van der Waals surface area contributed by atoms with Crippen LogP contribution in [0.15, 0.2) is 11.6 Å². The molecule has 2 aromatic rings. The number of carbonyl (C=O) groups is 1. The zero-order valence-electron chi connectivity index (χ0n) is 14.6. The van der Waals surface area contributed by atoms with Crippen LogP contribution in [0, 0.1) is 6.92 Å². The fraction of sp³-hybridized carbons (Fsp3) is 0.588. The number of hydrogen-bond acceptors (Lipinski definition) is 6. The third-order valence-electron chi connectivity index (χ3n) is 4.40. The van der Waals surface area contributed by atoms with Crippen molar-refractivity contribution in [1.29, 1.82) is 0 Å². The highest BCUT2D eigenvalue weighted by Crippen LogP contribution is 2.20. The summed E-state index contributed by atoms with van der Waals surface area (Å²) in [4.78, 5) is 19.8. The van der Waals surface area contributed by atoms with Gasteiger partial charge in [0.1, 0.15) is 0 Å². The molecule has 25 heavy (non-hydrogen) atoms. The van der Waals surface area contributed by atoms with E-state index in [1.165, 1.54) is 10.6 Å². The quantitative estimate of drug-likeness (QED) is 0.770. The van der Waals surface area contributed by atoms with E-state index in [-0.39, 0.29) is 12.5 Å². The second kappa shape index (κ2) is 8.55. The molecule has 0 aliphatic carbocycles. The molecular formula is C17H25N5O2S. The van der Waals surface area contributed by atoms with E-state index < -0.39 is 0 Å². The number of aliphatic hydroxyl groups excluding tert-OH is 1. The predicted octanol–water partition coefficient (Wildman–Crippen LogP) is 1.10. The molecule has 1 amide bonds. The second-order valence-corrected chi connectivity index (χ2v) is 7.29. The summed E-state index contributed by atoms with van der Waals surface area (Å²) in [6, 6.07) is 2.12. The summed E-state index contributed by atoms with van der Waals surface area (Å²) in [7, 11) is 0. The van der Waals surface area contributed by atoms with E-state index in [0.717, 1.165) is 44.0 Å². The highest BCUT2D eigenvalue weighted by Gasteiger charge is 2.18. The molecule has 2 aromatic heterocycles. The van der Waals surface area contributed by atoms with Gasteiger partial charge in [-0.15, -0.1) is 11.3 Å². The van der Waals surface area contributed by atoms with Crippen LogP contribution >= 0.6 is 11.3 Å². The number of nitrogens with one attached hydrogen (secondary N) is 1. The SMILES string of the molecule is Cc1ncsc1CN1CCCn2nc(CCC(=O)NCCO)cc2C1. The molecule has 3 rings (SSSR count). The third-order valence-corrected chi connectivity index (χ3v) is 5.32. The summed E-state index contributed by atoms with van der Waals surface area (Å²) < 4.78 is 2.08. The lowest BCUT2D eigenvalue weighted by molar-refractivity contribution is -0.121. The third kappa shape index (κ3) is 4.87. The van der Waals surface area contributed by atoms with Crippen LogP contribution in [-0.2, 0) is 30.8 Å². The van der Waals surface area contributed by atoms with E-state index in [9.17, 15) is 4.79 Å². The number of aryl methyl sites for hydroxylation is 3. The monoisotopic (exact) mass is 363 g/mol. The number of rotatable bonds is 7. The summed E-state index contributed by atoms with van der Waals surface area (Å²) in [5.74, 6) is -0.0421. The van der Waals surface area contributed by atoms with Crippen LogP contribution < -0.4 is 5.32 Å². The highest BCUT2D eigenvalue weighted by molar-refractivity contribution is 7.09. The minimum atomic E-state index is -0.0421. The van der Waals surface area contributed by atoms with Crippen LogP contribution in [0.4, 0.5) is 0 Å². The Labute approximate surface area is 151 Å². The Hall–Kier alpha value is -1.77. The molecule has 1 aliphatic rings. The van der Waals surface area contributed by atoms with Gasteiger partial charge in [-0.3, -0.25) is 14.4 Å². The number of hydrogen-bond donors (Lipinski definition) is 2. The molecule has 0 atom stereocenters. The lowest BCUT2D eigenvalue weighted by Crippen LogP contribution is -2.26. The Morgan fingerprint density at radius 1 is 1.44 bits per heavy atom. The van der Waals surface area contributed by atoms with Crippen molar-refractivity contribution in [1.82, 2.24) is 25.0 Å². The Morgan fingerprint density at radius 3 is 3.08 bits per heavy atom. The first-order valence-corrected chi connectivity index (χ1v) is 9.58. The molecule has 0 aromatic carbocycles. The number of aromatic nitrogens is 3. The van der Waals surface area contributed by atoms with Crippen molar-refractivity contribution in [3.63, 3.8) is 0 Å². The maximum Gasteiger partial charge on any atom is 0.220 e. The molecular weight excluding hydrogens is 338 g/mol. The maximum absolute atomic E-state index is 11.7. The predicted molar refractivity (Wildman–Crippen MR) is 96.2 cm³/mol. The topological polar surface area (TPSA) is 83.3 Å². The first-order valence-electron chi connectivity index (χ1n) is 8.70. The molecule has 0 saturated carbocycles. The van der Waals surface area contributed by atoms with Crippen molar-refractivity contribution in [2.24, 2.45) is 0 Å². The zero-order valence-corrected chi connectivity index (χ0v) is 15.4. The first-order chi connectivity index (χ1) is 12.2. The van der Waals surface area contributed by atoms with E-state index in [2.05, 4.69) is 38.0 Å². The second-order valence-electron chi connectivity index (χ2n) is 6.35. The minimum Gasteiger partial charge on any atom is -0.395 e. The zero-order chi connectivity index (χ0) is 17.6. The molecule has 3 heterocycles. The molecule has 7 nitrogen and oxygen atoms in total. The molecule has 0 spiro atoms. The van der Waals surface area contributed by atoms with Gasteiger partial charge in [0, 0.05) is 50.4 Å². The van der Waals surface area contributed by atoms with Gasteiger partial charge < -0.3 is 10.4 Å². The van der Waals surface area contributed by atoms with Crippen molar-refractivity contribution in [3.05, 3.63) is 33.5 Å². The number of aliphatic hydroxyl groups is 1. The number of nitrogens with zero attached hydrogens (tertiary/aromatic N) is 4. The number of amides is 1. The van der Waals surface area contributed by atoms with Crippen molar-refractivity contribution in [2.75, 3.05) is 19.7 Å². The van der Waals surface area contributed by atoms with Crippen molar-refractivity contribution in [3.8, 4) is 0 Å². The summed E-state index contributed by atoms with van der Waals surface area (Å²) in [6.07, 6.45) is 2.11. The van der Waals surface area contributed by atoms with Gasteiger partial charge in [0.05, 0.1) is 29.2 Å². The van der Waals surface area contributed by atoms with E-state index in [4.69, 9.17) is 5.11 Å². The van der Waals surface area contributed by atoms with Gasteiger partial charge in [-0.2, -0.15) is 5.10 Å². The highest BCUT2D eigenvalue weighted by atomic mass is 32.1. The molecule has 1 aliphatic heterocycles. The van der Waals surface area contributed by atoms with Gasteiger partial charge in [-0.1, -0.05) is 0 Å². The van der Waals surface area contributed by atoms with Crippen molar-refractivity contribution in [2.45, 2.75) is 45.8 Å². The lowest BCUT2D eigenvalue weighted by Gasteiger charge is -2.18. The summed E-state index contributed by atoms with van der Waals surface area (Å²) in [5.41, 5.74) is 5.21. The fourth-order valence-corrected chi connectivity index (χ4v) is 3.87. The van der Waals surface area contributed by atoms with Crippen LogP contribution in [0.1, 0.15) is 34.8 Å². The van der Waals surface area contributed by atoms with Crippen LogP contribution in [0.25, 0.3) is 0 Å². The van der Waals surface area contributed by atoms with E-state index in [1.807, 2.05) is 5.51 Å². The van der Waals surface area contributed by atoms with Crippen molar-refractivity contribution >= 4 is 17.2 Å². The maximum atomic E-state index is 11.7. The van der Waals surface area contributed by atoms with Gasteiger partial charge in [0.15, 0.2) is 0 Å². The van der Waals surface area contributed by atoms with Crippen molar-refractivity contribution < 1.29 is 9.90 Å². The van der Waals surface area contributed by atoms with E-state index >= 15 is 0 Å². The Bertz CT molecular complexity index is 712. The van der Waals surface area contributed by atoms with Gasteiger partial charge in [-0.25, -0.2) is 4.98 Å². The van der Waals surface area contributed by atoms with Gasteiger partial charge in [-0.05, 0) is 19.4 Å². The smallest absolute Gasteiger partial charge is 0.220 e. The minimum absolute atomic E-state index is 0.0282. The van der Waals surface area contributed by atoms with Gasteiger partial charge >= 0.3 is 0 Å². The van der Waals surface area contributed by atoms with Crippen LogP contribution in [0.2, 0.25) is 0 Å². The molecule has 0 fully saturated rings. The Morgan fingerprint density at radius 2 is 2.32 bits per heavy atom. The van der Waals surface area contributed by atoms with Crippen LogP contribution in [0.5, 0.6) is 0 Å². The average molecular weight is 363 g/mol. The molecule has 0 bridgehead atoms. The standard InChI is InChI=1S/C17H25N5O2S/c1-13-16(25-12-19-13)11-21-6-2-7-22-15(10-21)9-14(20-22)3-4-17(24)18-5-8-23/h9,12,23H,2-8,10-11H2,1H3,(H,18,24). The largest absolute Gasteiger partial charge is 0.395 e. The molecule has 0 unspecified atom stereocenters. The summed E-state index contributed by atoms with van der Waals surface area (Å²) >= 11 is 1.72. The first kappa shape index (κ1) is 18.0. The van der Waals surface area contributed by atoms with E-state index in [0.29, 0.717) is 19.4 Å². The molecule has 2 N–H and O–H groups in total. The number of carbonyl (C=O) groups excluding carboxylic acids is 1. The molecule has 0 radical (unpaired) electrons. The summed E-state index contributed by atoms with van der Waals surface area (Å²) in [6.45, 7) is 6.13. The molecule has 8 heteroatoms. The molecule has 136 valence electrons. The lowest BCUT2D eigenvalue weighted by atomic mass is 10.2. The average Bonchev–Trinajstić information content (AvgIpc) is 3.12. The number of thiazole rings is 1. The van der Waals surface area contributed by atoms with Crippen LogP contribution in [0.3, 0.4) is 0 Å².